The van der Waals surface area contributed by atoms with E-state index in [-0.39, 0.29) is 0 Å². The van der Waals surface area contributed by atoms with E-state index in [1.807, 2.05) is 12.1 Å². The third kappa shape index (κ3) is 4.20. The van der Waals surface area contributed by atoms with Gasteiger partial charge in [-0.15, -0.1) is 0 Å². The van der Waals surface area contributed by atoms with Gasteiger partial charge in [-0.2, -0.15) is 0 Å². The zero-order valence-corrected chi connectivity index (χ0v) is 12.7. The van der Waals surface area contributed by atoms with Crippen LogP contribution in [0.5, 0.6) is 0 Å². The number of nitrogens with one attached hydrogen (secondary N) is 2. The quantitative estimate of drug-likeness (QED) is 0.807. The fourth-order valence-electron chi connectivity index (χ4n) is 2.77. The molecule has 2 N–H and O–H groups in total. The van der Waals surface area contributed by atoms with Crippen molar-refractivity contribution in [3.05, 3.63) is 29.8 Å². The van der Waals surface area contributed by atoms with Gasteiger partial charge in [0.25, 0.3) is 0 Å². The van der Waals surface area contributed by atoms with E-state index >= 15 is 0 Å². The molecule has 3 heteroatoms. The van der Waals surface area contributed by atoms with Gasteiger partial charge in [0.15, 0.2) is 5.11 Å². The van der Waals surface area contributed by atoms with Crippen LogP contribution in [0.15, 0.2) is 24.3 Å². The Morgan fingerprint density at radius 2 is 1.89 bits per heavy atom. The van der Waals surface area contributed by atoms with Gasteiger partial charge >= 0.3 is 0 Å². The average Bonchev–Trinajstić information content (AvgIpc) is 2.42. The van der Waals surface area contributed by atoms with Crippen molar-refractivity contribution in [3.8, 4) is 0 Å². The summed E-state index contributed by atoms with van der Waals surface area (Å²) in [5.41, 5.74) is 2.32. The molecular weight excluding hydrogens is 252 g/mol. The number of para-hydroxylation sites is 1. The summed E-state index contributed by atoms with van der Waals surface area (Å²) in [7, 11) is 0. The highest BCUT2D eigenvalue weighted by Crippen LogP contribution is 2.26. The molecule has 1 fully saturated rings. The topological polar surface area (TPSA) is 24.1 Å². The largest absolute Gasteiger partial charge is 0.360 e. The summed E-state index contributed by atoms with van der Waals surface area (Å²) in [6.07, 6.45) is 6.48. The van der Waals surface area contributed by atoms with Crippen molar-refractivity contribution in [2.45, 2.75) is 52.0 Å². The van der Waals surface area contributed by atoms with Gasteiger partial charge in [-0.25, -0.2) is 0 Å². The highest BCUT2D eigenvalue weighted by Gasteiger charge is 2.20. The number of hydrogen-bond donors (Lipinski definition) is 2. The molecule has 1 aliphatic rings. The van der Waals surface area contributed by atoms with Crippen molar-refractivity contribution in [3.63, 3.8) is 0 Å². The first kappa shape index (κ1) is 14.3. The van der Waals surface area contributed by atoms with Crippen molar-refractivity contribution in [2.24, 2.45) is 5.92 Å². The standard InChI is InChI=1S/C16H24N2S/c1-3-13-8-10-14(11-9-13)17-16(19)18-15-7-5-4-6-12(15)2/h4-7,13-14H,3,8-11H2,1-2H3,(H2,17,18,19). The van der Waals surface area contributed by atoms with Crippen LogP contribution in [0.1, 0.15) is 44.6 Å². The van der Waals surface area contributed by atoms with Crippen LogP contribution in [-0.4, -0.2) is 11.2 Å². The number of anilines is 1. The molecule has 0 amide bonds. The molecule has 19 heavy (non-hydrogen) atoms. The Kier molecular flexibility index (Phi) is 5.20. The molecule has 0 saturated heterocycles. The summed E-state index contributed by atoms with van der Waals surface area (Å²) in [5.74, 6) is 0.927. The van der Waals surface area contributed by atoms with Crippen molar-refractivity contribution in [1.82, 2.24) is 5.32 Å². The number of benzene rings is 1. The summed E-state index contributed by atoms with van der Waals surface area (Å²) < 4.78 is 0. The normalized spacial score (nSPS) is 22.8. The van der Waals surface area contributed by atoms with Crippen LogP contribution >= 0.6 is 12.2 Å². The molecule has 2 rings (SSSR count). The van der Waals surface area contributed by atoms with Gasteiger partial charge in [-0.1, -0.05) is 31.5 Å². The molecule has 0 bridgehead atoms. The summed E-state index contributed by atoms with van der Waals surface area (Å²) in [5, 5.41) is 7.52. The first-order chi connectivity index (χ1) is 9.19. The highest BCUT2D eigenvalue weighted by molar-refractivity contribution is 7.80. The summed E-state index contributed by atoms with van der Waals surface area (Å²) in [6.45, 7) is 4.39. The maximum atomic E-state index is 5.41. The van der Waals surface area contributed by atoms with Gasteiger partial charge in [-0.3, -0.25) is 0 Å². The molecule has 0 spiro atoms. The molecule has 0 aromatic heterocycles. The predicted octanol–water partition coefficient (Wildman–Crippen LogP) is 4.25. The molecular formula is C16H24N2S. The lowest BCUT2D eigenvalue weighted by Crippen LogP contribution is -2.40. The molecule has 1 aromatic carbocycles. The van der Waals surface area contributed by atoms with Crippen LogP contribution in [0.2, 0.25) is 0 Å². The molecule has 104 valence electrons. The second kappa shape index (κ2) is 6.90. The van der Waals surface area contributed by atoms with Gasteiger partial charge in [0.05, 0.1) is 0 Å². The second-order valence-corrected chi connectivity index (χ2v) is 5.95. The SMILES string of the molecule is CCC1CCC(NC(=S)Nc2ccccc2C)CC1. The van der Waals surface area contributed by atoms with Crippen LogP contribution in [0, 0.1) is 12.8 Å². The van der Waals surface area contributed by atoms with Crippen molar-refractivity contribution in [2.75, 3.05) is 5.32 Å². The van der Waals surface area contributed by atoms with E-state index in [1.54, 1.807) is 0 Å². The highest BCUT2D eigenvalue weighted by atomic mass is 32.1. The average molecular weight is 276 g/mol. The van der Waals surface area contributed by atoms with Gasteiger partial charge in [-0.05, 0) is 62.4 Å². The van der Waals surface area contributed by atoms with E-state index in [9.17, 15) is 0 Å². The number of rotatable bonds is 3. The van der Waals surface area contributed by atoms with Crippen LogP contribution in [-0.2, 0) is 0 Å². The smallest absolute Gasteiger partial charge is 0.171 e. The monoisotopic (exact) mass is 276 g/mol. The molecule has 0 unspecified atom stereocenters. The van der Waals surface area contributed by atoms with E-state index in [1.165, 1.54) is 37.7 Å². The van der Waals surface area contributed by atoms with E-state index < -0.39 is 0 Å². The molecule has 0 atom stereocenters. The molecule has 0 aliphatic heterocycles. The fourth-order valence-corrected chi connectivity index (χ4v) is 3.05. The number of aryl methyl sites for hydroxylation is 1. The first-order valence-corrected chi connectivity index (χ1v) is 7.73. The molecule has 1 saturated carbocycles. The zero-order valence-electron chi connectivity index (χ0n) is 11.9. The van der Waals surface area contributed by atoms with E-state index in [0.29, 0.717) is 6.04 Å². The number of hydrogen-bond acceptors (Lipinski definition) is 1. The molecule has 2 nitrogen and oxygen atoms in total. The van der Waals surface area contributed by atoms with E-state index in [0.717, 1.165) is 16.7 Å². The third-order valence-electron chi connectivity index (χ3n) is 4.15. The Bertz CT molecular complexity index is 423. The Hall–Kier alpha value is -1.09. The van der Waals surface area contributed by atoms with Crippen LogP contribution < -0.4 is 10.6 Å². The van der Waals surface area contributed by atoms with E-state index in [2.05, 4.69) is 36.6 Å². The van der Waals surface area contributed by atoms with Crippen molar-refractivity contribution < 1.29 is 0 Å². The molecule has 1 aliphatic carbocycles. The van der Waals surface area contributed by atoms with Crippen molar-refractivity contribution in [1.29, 1.82) is 0 Å². The Balaban J connectivity index is 1.81. The minimum atomic E-state index is 0.548. The minimum Gasteiger partial charge on any atom is -0.360 e. The minimum absolute atomic E-state index is 0.548. The zero-order chi connectivity index (χ0) is 13.7. The predicted molar refractivity (Wildman–Crippen MR) is 86.6 cm³/mol. The fraction of sp³-hybridized carbons (Fsp3) is 0.562. The molecule has 0 heterocycles. The second-order valence-electron chi connectivity index (χ2n) is 5.54. The van der Waals surface area contributed by atoms with Gasteiger partial charge in [0.1, 0.15) is 0 Å². The Morgan fingerprint density at radius 3 is 2.53 bits per heavy atom. The lowest BCUT2D eigenvalue weighted by atomic mass is 9.85. The van der Waals surface area contributed by atoms with Crippen LogP contribution in [0.3, 0.4) is 0 Å². The maximum absolute atomic E-state index is 5.41. The van der Waals surface area contributed by atoms with Crippen molar-refractivity contribution >= 4 is 23.0 Å². The third-order valence-corrected chi connectivity index (χ3v) is 4.37. The molecule has 0 radical (unpaired) electrons. The Labute approximate surface area is 122 Å². The first-order valence-electron chi connectivity index (χ1n) is 7.32. The van der Waals surface area contributed by atoms with Gasteiger partial charge < -0.3 is 10.6 Å². The Morgan fingerprint density at radius 1 is 1.21 bits per heavy atom. The summed E-state index contributed by atoms with van der Waals surface area (Å²) in [6, 6.07) is 8.79. The molecule has 1 aromatic rings. The lowest BCUT2D eigenvalue weighted by molar-refractivity contribution is 0.306. The number of thiocarbonyl (C=S) groups is 1. The van der Waals surface area contributed by atoms with E-state index in [4.69, 9.17) is 12.2 Å². The lowest BCUT2D eigenvalue weighted by Gasteiger charge is -2.29. The van der Waals surface area contributed by atoms with Gasteiger partial charge in [0, 0.05) is 11.7 Å². The summed E-state index contributed by atoms with van der Waals surface area (Å²) in [4.78, 5) is 0. The summed E-state index contributed by atoms with van der Waals surface area (Å²) >= 11 is 5.41. The van der Waals surface area contributed by atoms with Gasteiger partial charge in [0.2, 0.25) is 0 Å². The van der Waals surface area contributed by atoms with Crippen LogP contribution in [0.25, 0.3) is 0 Å². The maximum Gasteiger partial charge on any atom is 0.171 e. The van der Waals surface area contributed by atoms with Crippen LogP contribution in [0.4, 0.5) is 5.69 Å².